The number of nitrogens with zero attached hydrogens (tertiary/aromatic N) is 3. The standard InChI is InChI=1S/C14H11N3OS/c1-3-9-4-5-12-11(6-9)17-8(2)10(7-15)13(18)16-14(17)19-12/h4-6H,3H2,1-2H3. The van der Waals surface area contributed by atoms with Crippen LogP contribution < -0.4 is 5.56 Å². The minimum absolute atomic E-state index is 0.124. The average Bonchev–Trinajstić information content (AvgIpc) is 2.75. The van der Waals surface area contributed by atoms with Gasteiger partial charge in [0, 0.05) is 5.69 Å². The second-order valence-electron chi connectivity index (χ2n) is 4.36. The molecule has 0 aliphatic rings. The van der Waals surface area contributed by atoms with Crippen molar-refractivity contribution in [2.45, 2.75) is 20.3 Å². The molecule has 19 heavy (non-hydrogen) atoms. The van der Waals surface area contributed by atoms with Crippen molar-refractivity contribution < 1.29 is 0 Å². The number of aryl methyl sites for hydroxylation is 2. The van der Waals surface area contributed by atoms with Crippen LogP contribution in [0, 0.1) is 18.3 Å². The Bertz CT molecular complexity index is 899. The molecule has 0 spiro atoms. The van der Waals surface area contributed by atoms with E-state index in [1.807, 2.05) is 16.5 Å². The van der Waals surface area contributed by atoms with Crippen LogP contribution in [0.3, 0.4) is 0 Å². The van der Waals surface area contributed by atoms with E-state index in [2.05, 4.69) is 24.0 Å². The number of hydrogen-bond acceptors (Lipinski definition) is 4. The lowest BCUT2D eigenvalue weighted by atomic mass is 10.1. The number of thiazole rings is 1. The normalized spacial score (nSPS) is 11.0. The molecule has 0 bridgehead atoms. The molecular formula is C14H11N3OS. The lowest BCUT2D eigenvalue weighted by Crippen LogP contribution is -2.15. The molecule has 3 rings (SSSR count). The van der Waals surface area contributed by atoms with Gasteiger partial charge in [0.15, 0.2) is 4.96 Å². The summed E-state index contributed by atoms with van der Waals surface area (Å²) in [5.41, 5.74) is 2.59. The van der Waals surface area contributed by atoms with Crippen molar-refractivity contribution >= 4 is 26.5 Å². The molecule has 0 aliphatic carbocycles. The highest BCUT2D eigenvalue weighted by atomic mass is 32.1. The molecule has 5 heteroatoms. The Morgan fingerprint density at radius 2 is 2.26 bits per heavy atom. The molecule has 2 heterocycles. The summed E-state index contributed by atoms with van der Waals surface area (Å²) >= 11 is 1.47. The van der Waals surface area contributed by atoms with E-state index >= 15 is 0 Å². The molecule has 0 amide bonds. The van der Waals surface area contributed by atoms with Crippen LogP contribution in [0.1, 0.15) is 23.7 Å². The molecule has 0 atom stereocenters. The predicted octanol–water partition coefficient (Wildman–Crippen LogP) is 2.65. The van der Waals surface area contributed by atoms with Crippen molar-refractivity contribution in [2.24, 2.45) is 0 Å². The summed E-state index contributed by atoms with van der Waals surface area (Å²) in [5.74, 6) is 0. The summed E-state index contributed by atoms with van der Waals surface area (Å²) in [7, 11) is 0. The molecule has 4 nitrogen and oxygen atoms in total. The number of aromatic nitrogens is 2. The molecule has 1 aromatic carbocycles. The second-order valence-corrected chi connectivity index (χ2v) is 5.37. The van der Waals surface area contributed by atoms with Gasteiger partial charge in [0.2, 0.25) is 0 Å². The van der Waals surface area contributed by atoms with Crippen molar-refractivity contribution in [3.8, 4) is 6.07 Å². The fraction of sp³-hybridized carbons (Fsp3) is 0.214. The maximum Gasteiger partial charge on any atom is 0.292 e. The van der Waals surface area contributed by atoms with Gasteiger partial charge in [-0.05, 0) is 31.0 Å². The maximum absolute atomic E-state index is 11.7. The molecule has 3 aromatic rings. The third-order valence-corrected chi connectivity index (χ3v) is 4.31. The molecule has 0 fully saturated rings. The van der Waals surface area contributed by atoms with Crippen LogP contribution in [-0.4, -0.2) is 9.38 Å². The van der Waals surface area contributed by atoms with Crippen LogP contribution in [0.25, 0.3) is 15.2 Å². The Labute approximate surface area is 113 Å². The zero-order valence-corrected chi connectivity index (χ0v) is 11.4. The fourth-order valence-electron chi connectivity index (χ4n) is 2.23. The Hall–Kier alpha value is -2.19. The number of rotatable bonds is 1. The number of benzene rings is 1. The Morgan fingerprint density at radius 1 is 1.47 bits per heavy atom. The molecule has 0 saturated carbocycles. The summed E-state index contributed by atoms with van der Waals surface area (Å²) in [4.78, 5) is 16.4. The lowest BCUT2D eigenvalue weighted by molar-refractivity contribution is 1.05. The van der Waals surface area contributed by atoms with Crippen LogP contribution in [0.15, 0.2) is 23.0 Å². The van der Waals surface area contributed by atoms with E-state index in [-0.39, 0.29) is 5.56 Å². The largest absolute Gasteiger partial charge is 0.292 e. The maximum atomic E-state index is 11.7. The average molecular weight is 269 g/mol. The highest BCUT2D eigenvalue weighted by Gasteiger charge is 2.13. The molecule has 0 unspecified atom stereocenters. The van der Waals surface area contributed by atoms with Crippen LogP contribution >= 0.6 is 11.3 Å². The van der Waals surface area contributed by atoms with Crippen molar-refractivity contribution in [1.29, 1.82) is 5.26 Å². The molecule has 94 valence electrons. The summed E-state index contributed by atoms with van der Waals surface area (Å²) in [6.07, 6.45) is 0.949. The number of hydrogen-bond donors (Lipinski definition) is 0. The second kappa shape index (κ2) is 4.18. The van der Waals surface area contributed by atoms with Crippen molar-refractivity contribution in [3.05, 3.63) is 45.4 Å². The monoisotopic (exact) mass is 269 g/mol. The van der Waals surface area contributed by atoms with Crippen molar-refractivity contribution in [1.82, 2.24) is 9.38 Å². The van der Waals surface area contributed by atoms with Gasteiger partial charge in [0.1, 0.15) is 11.6 Å². The van der Waals surface area contributed by atoms with E-state index in [4.69, 9.17) is 5.26 Å². The van der Waals surface area contributed by atoms with E-state index in [0.29, 0.717) is 10.7 Å². The molecule has 0 saturated heterocycles. The van der Waals surface area contributed by atoms with Gasteiger partial charge in [-0.15, -0.1) is 0 Å². The first-order valence-electron chi connectivity index (χ1n) is 6.00. The van der Waals surface area contributed by atoms with Crippen molar-refractivity contribution in [3.63, 3.8) is 0 Å². The van der Waals surface area contributed by atoms with Crippen LogP contribution in [0.4, 0.5) is 0 Å². The molecule has 0 radical (unpaired) electrons. The Balaban J connectivity index is 2.55. The highest BCUT2D eigenvalue weighted by Crippen LogP contribution is 2.27. The van der Waals surface area contributed by atoms with Gasteiger partial charge in [0.25, 0.3) is 5.56 Å². The Kier molecular flexibility index (Phi) is 2.61. The smallest absolute Gasteiger partial charge is 0.287 e. The predicted molar refractivity (Wildman–Crippen MR) is 75.7 cm³/mol. The van der Waals surface area contributed by atoms with Crippen LogP contribution in [0.2, 0.25) is 0 Å². The van der Waals surface area contributed by atoms with Gasteiger partial charge in [-0.3, -0.25) is 9.20 Å². The first-order chi connectivity index (χ1) is 9.15. The minimum Gasteiger partial charge on any atom is -0.287 e. The third-order valence-electron chi connectivity index (χ3n) is 3.29. The van der Waals surface area contributed by atoms with Gasteiger partial charge in [0.05, 0.1) is 10.2 Å². The zero-order chi connectivity index (χ0) is 13.6. The number of nitriles is 1. The first kappa shape index (κ1) is 11.9. The van der Waals surface area contributed by atoms with E-state index < -0.39 is 5.56 Å². The highest BCUT2D eigenvalue weighted by molar-refractivity contribution is 7.23. The van der Waals surface area contributed by atoms with Gasteiger partial charge in [-0.25, -0.2) is 0 Å². The summed E-state index contributed by atoms with van der Waals surface area (Å²) < 4.78 is 2.97. The van der Waals surface area contributed by atoms with Gasteiger partial charge in [-0.2, -0.15) is 10.2 Å². The van der Waals surface area contributed by atoms with Crippen molar-refractivity contribution in [2.75, 3.05) is 0 Å². The van der Waals surface area contributed by atoms with E-state index in [1.54, 1.807) is 6.92 Å². The van der Waals surface area contributed by atoms with Gasteiger partial charge < -0.3 is 0 Å². The minimum atomic E-state index is -0.442. The molecule has 0 aliphatic heterocycles. The molecule has 2 aromatic heterocycles. The quantitative estimate of drug-likeness (QED) is 0.682. The van der Waals surface area contributed by atoms with E-state index in [0.717, 1.165) is 16.6 Å². The SMILES string of the molecule is CCc1ccc2sc3nc(=O)c(C#N)c(C)n3c2c1. The summed E-state index contributed by atoms with van der Waals surface area (Å²) in [5, 5.41) is 9.07. The molecule has 0 N–H and O–H groups in total. The van der Waals surface area contributed by atoms with Crippen LogP contribution in [-0.2, 0) is 6.42 Å². The first-order valence-corrected chi connectivity index (χ1v) is 6.82. The van der Waals surface area contributed by atoms with Gasteiger partial charge in [-0.1, -0.05) is 24.3 Å². The molecular weight excluding hydrogens is 258 g/mol. The fourth-order valence-corrected chi connectivity index (χ4v) is 3.27. The summed E-state index contributed by atoms with van der Waals surface area (Å²) in [6.45, 7) is 3.89. The Morgan fingerprint density at radius 3 is 2.95 bits per heavy atom. The number of fused-ring (bicyclic) bond motifs is 3. The summed E-state index contributed by atoms with van der Waals surface area (Å²) in [6, 6.07) is 8.17. The van der Waals surface area contributed by atoms with E-state index in [1.165, 1.54) is 16.9 Å². The third kappa shape index (κ3) is 1.65. The lowest BCUT2D eigenvalue weighted by Gasteiger charge is -2.03. The van der Waals surface area contributed by atoms with E-state index in [9.17, 15) is 4.79 Å². The zero-order valence-electron chi connectivity index (χ0n) is 10.6. The van der Waals surface area contributed by atoms with Gasteiger partial charge >= 0.3 is 0 Å². The topological polar surface area (TPSA) is 58.2 Å². The van der Waals surface area contributed by atoms with Crippen LogP contribution in [0.5, 0.6) is 0 Å².